The van der Waals surface area contributed by atoms with Crippen LogP contribution < -0.4 is 0 Å². The zero-order valence-corrected chi connectivity index (χ0v) is 14.0. The molecular formula is C17H28N2O3. The summed E-state index contributed by atoms with van der Waals surface area (Å²) in [6.45, 7) is 0. The van der Waals surface area contributed by atoms with E-state index in [2.05, 4.69) is 5.10 Å². The number of carbonyl (C=O) groups excluding carboxylic acids is 2. The summed E-state index contributed by atoms with van der Waals surface area (Å²) in [4.78, 5) is 24.5. The Kier molecular flexibility index (Phi) is 5.98. The predicted octanol–water partition coefficient (Wildman–Crippen LogP) is 2.64. The second-order valence-corrected chi connectivity index (χ2v) is 6.71. The molecule has 2 aliphatic carbocycles. The molecule has 124 valence electrons. The zero-order valence-electron chi connectivity index (χ0n) is 14.0. The van der Waals surface area contributed by atoms with Crippen molar-refractivity contribution in [1.82, 2.24) is 5.01 Å². The standard InChI is InChI=1S/C17H28N2O3/c1-19(2)18-15-7-5-4-6-14(15)16(20)12-8-10-13(11-9-12)17(21)22-3/h12-14H,4-11H2,1-3H3/b18-15-. The van der Waals surface area contributed by atoms with Gasteiger partial charge in [0.15, 0.2) is 0 Å². The van der Waals surface area contributed by atoms with Crippen molar-refractivity contribution in [1.29, 1.82) is 0 Å². The van der Waals surface area contributed by atoms with Gasteiger partial charge in [0, 0.05) is 25.7 Å². The van der Waals surface area contributed by atoms with Crippen LogP contribution in [0, 0.1) is 17.8 Å². The van der Waals surface area contributed by atoms with Gasteiger partial charge in [-0.1, -0.05) is 6.42 Å². The van der Waals surface area contributed by atoms with Crippen molar-refractivity contribution in [3.63, 3.8) is 0 Å². The fourth-order valence-electron chi connectivity index (χ4n) is 3.74. The van der Waals surface area contributed by atoms with E-state index in [1.54, 1.807) is 5.01 Å². The quantitative estimate of drug-likeness (QED) is 0.592. The molecule has 0 aromatic heterocycles. The van der Waals surface area contributed by atoms with Crippen molar-refractivity contribution in [2.75, 3.05) is 21.2 Å². The molecule has 0 spiro atoms. The first-order valence-electron chi connectivity index (χ1n) is 8.39. The second-order valence-electron chi connectivity index (χ2n) is 6.71. The van der Waals surface area contributed by atoms with Crippen molar-refractivity contribution in [3.8, 4) is 0 Å². The van der Waals surface area contributed by atoms with E-state index in [-0.39, 0.29) is 23.7 Å². The lowest BCUT2D eigenvalue weighted by atomic mass is 9.73. The summed E-state index contributed by atoms with van der Waals surface area (Å²) >= 11 is 0. The Bertz CT molecular complexity index is 437. The lowest BCUT2D eigenvalue weighted by molar-refractivity contribution is -0.147. The fraction of sp³-hybridized carbons (Fsp3) is 0.824. The van der Waals surface area contributed by atoms with Gasteiger partial charge >= 0.3 is 5.97 Å². The van der Waals surface area contributed by atoms with Crippen LogP contribution in [-0.4, -0.2) is 43.7 Å². The lowest BCUT2D eigenvalue weighted by Gasteiger charge is -2.31. The van der Waals surface area contributed by atoms with Gasteiger partial charge in [0.2, 0.25) is 0 Å². The topological polar surface area (TPSA) is 59.0 Å². The normalized spacial score (nSPS) is 30.9. The molecule has 0 heterocycles. The van der Waals surface area contributed by atoms with E-state index in [1.165, 1.54) is 7.11 Å². The third-order valence-electron chi connectivity index (χ3n) is 4.91. The number of ketones is 1. The smallest absolute Gasteiger partial charge is 0.308 e. The maximum absolute atomic E-state index is 12.9. The number of hydrazone groups is 1. The monoisotopic (exact) mass is 308 g/mol. The third kappa shape index (κ3) is 4.08. The van der Waals surface area contributed by atoms with E-state index < -0.39 is 0 Å². The van der Waals surface area contributed by atoms with Crippen LogP contribution in [0.3, 0.4) is 0 Å². The summed E-state index contributed by atoms with van der Waals surface area (Å²) in [6.07, 6.45) is 7.28. The Morgan fingerprint density at radius 3 is 2.27 bits per heavy atom. The van der Waals surface area contributed by atoms with Crippen molar-refractivity contribution in [2.24, 2.45) is 22.9 Å². The minimum atomic E-state index is -0.126. The van der Waals surface area contributed by atoms with Crippen LogP contribution in [0.5, 0.6) is 0 Å². The number of carbonyl (C=O) groups is 2. The van der Waals surface area contributed by atoms with E-state index in [4.69, 9.17) is 4.74 Å². The molecule has 22 heavy (non-hydrogen) atoms. The van der Waals surface area contributed by atoms with Crippen LogP contribution in [-0.2, 0) is 14.3 Å². The first-order valence-corrected chi connectivity index (χ1v) is 8.39. The molecule has 0 aromatic carbocycles. The largest absolute Gasteiger partial charge is 0.469 e. The average molecular weight is 308 g/mol. The van der Waals surface area contributed by atoms with Crippen molar-refractivity contribution < 1.29 is 14.3 Å². The summed E-state index contributed by atoms with van der Waals surface area (Å²) < 4.78 is 4.81. The Hall–Kier alpha value is -1.39. The summed E-state index contributed by atoms with van der Waals surface area (Å²) in [5.41, 5.74) is 1.05. The molecule has 0 saturated heterocycles. The van der Waals surface area contributed by atoms with Gasteiger partial charge in [0.05, 0.1) is 18.9 Å². The summed E-state index contributed by atoms with van der Waals surface area (Å²) in [7, 11) is 5.25. The highest BCUT2D eigenvalue weighted by Gasteiger charge is 2.36. The third-order valence-corrected chi connectivity index (χ3v) is 4.91. The fourth-order valence-corrected chi connectivity index (χ4v) is 3.74. The van der Waals surface area contributed by atoms with Crippen molar-refractivity contribution in [2.45, 2.75) is 51.4 Å². The van der Waals surface area contributed by atoms with E-state index in [9.17, 15) is 9.59 Å². The highest BCUT2D eigenvalue weighted by atomic mass is 16.5. The van der Waals surface area contributed by atoms with E-state index >= 15 is 0 Å². The molecule has 1 atom stereocenters. The number of hydrogen-bond donors (Lipinski definition) is 0. The van der Waals surface area contributed by atoms with E-state index in [0.717, 1.165) is 57.1 Å². The second kappa shape index (κ2) is 7.75. The van der Waals surface area contributed by atoms with E-state index in [1.807, 2.05) is 14.1 Å². The molecule has 0 radical (unpaired) electrons. The van der Waals surface area contributed by atoms with Crippen LogP contribution in [0.15, 0.2) is 5.10 Å². The number of Topliss-reactive ketones (excluding diaryl/α,β-unsaturated/α-hetero) is 1. The van der Waals surface area contributed by atoms with Crippen LogP contribution >= 0.6 is 0 Å². The maximum atomic E-state index is 12.9. The molecule has 1 unspecified atom stereocenters. The van der Waals surface area contributed by atoms with Gasteiger partial charge in [0.25, 0.3) is 0 Å². The molecule has 2 fully saturated rings. The highest BCUT2D eigenvalue weighted by molar-refractivity contribution is 6.06. The molecule has 2 aliphatic rings. The number of rotatable bonds is 4. The minimum Gasteiger partial charge on any atom is -0.469 e. The van der Waals surface area contributed by atoms with Gasteiger partial charge in [-0.3, -0.25) is 9.59 Å². The zero-order chi connectivity index (χ0) is 16.1. The van der Waals surface area contributed by atoms with Crippen molar-refractivity contribution >= 4 is 17.5 Å². The summed E-state index contributed by atoms with van der Waals surface area (Å²) in [5.74, 6) is 0.296. The highest BCUT2D eigenvalue weighted by Crippen LogP contribution is 2.34. The van der Waals surface area contributed by atoms with Gasteiger partial charge in [-0.15, -0.1) is 0 Å². The van der Waals surface area contributed by atoms with Gasteiger partial charge in [-0.25, -0.2) is 0 Å². The first kappa shape index (κ1) is 17.0. The Balaban J connectivity index is 1.97. The minimum absolute atomic E-state index is 0.00386. The summed E-state index contributed by atoms with van der Waals surface area (Å²) in [6, 6.07) is 0. The molecule has 2 rings (SSSR count). The number of hydrogen-bond acceptors (Lipinski definition) is 5. The molecule has 0 aromatic rings. The van der Waals surface area contributed by atoms with Gasteiger partial charge < -0.3 is 9.75 Å². The number of ether oxygens (including phenoxy) is 1. The van der Waals surface area contributed by atoms with Gasteiger partial charge in [-0.2, -0.15) is 5.10 Å². The number of esters is 1. The molecular weight excluding hydrogens is 280 g/mol. The lowest BCUT2D eigenvalue weighted by Crippen LogP contribution is -2.36. The number of methoxy groups -OCH3 is 1. The first-order chi connectivity index (χ1) is 10.5. The molecule has 5 nitrogen and oxygen atoms in total. The van der Waals surface area contributed by atoms with E-state index in [0.29, 0.717) is 5.78 Å². The molecule has 2 saturated carbocycles. The van der Waals surface area contributed by atoms with Crippen LogP contribution in [0.1, 0.15) is 51.4 Å². The number of nitrogens with zero attached hydrogens (tertiary/aromatic N) is 2. The van der Waals surface area contributed by atoms with Crippen LogP contribution in [0.4, 0.5) is 0 Å². The Labute approximate surface area is 133 Å². The molecule has 0 aliphatic heterocycles. The van der Waals surface area contributed by atoms with Crippen LogP contribution in [0.25, 0.3) is 0 Å². The van der Waals surface area contributed by atoms with Crippen molar-refractivity contribution in [3.05, 3.63) is 0 Å². The predicted molar refractivity (Wildman–Crippen MR) is 85.6 cm³/mol. The van der Waals surface area contributed by atoms with Gasteiger partial charge in [0.1, 0.15) is 5.78 Å². The molecule has 0 amide bonds. The molecule has 5 heteroatoms. The summed E-state index contributed by atoms with van der Waals surface area (Å²) in [5, 5.41) is 6.35. The Morgan fingerprint density at radius 2 is 1.68 bits per heavy atom. The van der Waals surface area contributed by atoms with Crippen LogP contribution in [0.2, 0.25) is 0 Å². The Morgan fingerprint density at radius 1 is 1.05 bits per heavy atom. The SMILES string of the molecule is COC(=O)C1CCC(C(=O)C2CCCC/C2=N/N(C)C)CC1. The maximum Gasteiger partial charge on any atom is 0.308 e. The average Bonchev–Trinajstić information content (AvgIpc) is 2.53. The molecule has 0 N–H and O–H groups in total. The molecule has 0 bridgehead atoms. The van der Waals surface area contributed by atoms with Gasteiger partial charge in [-0.05, 0) is 44.9 Å².